The fourth-order valence-corrected chi connectivity index (χ4v) is 2.45. The zero-order chi connectivity index (χ0) is 10.1. The zero-order valence-corrected chi connectivity index (χ0v) is 9.58. The summed E-state index contributed by atoms with van der Waals surface area (Å²) in [4.78, 5) is 0. The number of hydrogen-bond acceptors (Lipinski definition) is 1. The van der Waals surface area contributed by atoms with Crippen molar-refractivity contribution in [3.63, 3.8) is 0 Å². The van der Waals surface area contributed by atoms with E-state index in [0.29, 0.717) is 6.42 Å². The molecule has 0 aliphatic heterocycles. The van der Waals surface area contributed by atoms with Crippen LogP contribution in [0.1, 0.15) is 5.56 Å². The van der Waals surface area contributed by atoms with E-state index in [0.717, 1.165) is 4.47 Å². The number of aromatic nitrogens is 1. The van der Waals surface area contributed by atoms with Crippen LogP contribution < -0.4 is 0 Å². The Morgan fingerprint density at radius 3 is 2.93 bits per heavy atom. The van der Waals surface area contributed by atoms with Gasteiger partial charge in [0.2, 0.25) is 0 Å². The summed E-state index contributed by atoms with van der Waals surface area (Å²) >= 11 is 3.52. The Morgan fingerprint density at radius 1 is 1.43 bits per heavy atom. The third kappa shape index (κ3) is 1.47. The summed E-state index contributed by atoms with van der Waals surface area (Å²) in [6.07, 6.45) is 2.76. The van der Waals surface area contributed by atoms with Crippen LogP contribution in [0.5, 0.6) is 0 Å². The minimum Gasteiger partial charge on any atom is -0.396 e. The second-order valence-electron chi connectivity index (χ2n) is 3.37. The van der Waals surface area contributed by atoms with E-state index in [2.05, 4.69) is 32.6 Å². The third-order valence-corrected chi connectivity index (χ3v) is 3.05. The highest BCUT2D eigenvalue weighted by molar-refractivity contribution is 9.10. The molecule has 2 nitrogen and oxygen atoms in total. The molecule has 0 saturated heterocycles. The van der Waals surface area contributed by atoms with E-state index in [4.69, 9.17) is 5.11 Å². The van der Waals surface area contributed by atoms with Crippen LogP contribution in [-0.2, 0) is 13.5 Å². The first-order chi connectivity index (χ1) is 6.74. The Hall–Kier alpha value is -0.800. The Morgan fingerprint density at radius 2 is 2.21 bits per heavy atom. The molecule has 0 radical (unpaired) electrons. The summed E-state index contributed by atoms with van der Waals surface area (Å²) in [7, 11) is 2.02. The van der Waals surface area contributed by atoms with Gasteiger partial charge in [-0.1, -0.05) is 18.2 Å². The van der Waals surface area contributed by atoms with Gasteiger partial charge in [-0.2, -0.15) is 0 Å². The maximum absolute atomic E-state index is 8.96. The molecule has 1 heterocycles. The van der Waals surface area contributed by atoms with Crippen molar-refractivity contribution in [2.24, 2.45) is 7.05 Å². The van der Waals surface area contributed by atoms with Crippen molar-refractivity contribution in [3.8, 4) is 0 Å². The molecule has 0 spiro atoms. The fourth-order valence-electron chi connectivity index (χ4n) is 1.83. The smallest absolute Gasteiger partial charge is 0.0522 e. The molecule has 0 bridgehead atoms. The van der Waals surface area contributed by atoms with Crippen molar-refractivity contribution in [3.05, 3.63) is 34.4 Å². The van der Waals surface area contributed by atoms with Crippen molar-refractivity contribution in [2.75, 3.05) is 6.61 Å². The topological polar surface area (TPSA) is 25.2 Å². The van der Waals surface area contributed by atoms with E-state index in [1.165, 1.54) is 16.5 Å². The first-order valence-corrected chi connectivity index (χ1v) is 5.36. The largest absolute Gasteiger partial charge is 0.396 e. The van der Waals surface area contributed by atoms with Crippen LogP contribution >= 0.6 is 15.9 Å². The number of fused-ring (bicyclic) bond motifs is 1. The molecule has 1 N–H and O–H groups in total. The monoisotopic (exact) mass is 253 g/mol. The van der Waals surface area contributed by atoms with Crippen LogP contribution in [0, 0.1) is 0 Å². The maximum atomic E-state index is 8.96. The molecule has 3 heteroatoms. The number of nitrogens with zero attached hydrogens (tertiary/aromatic N) is 1. The van der Waals surface area contributed by atoms with Gasteiger partial charge in [-0.05, 0) is 27.9 Å². The molecule has 2 aromatic rings. The van der Waals surface area contributed by atoms with Crippen LogP contribution in [0.15, 0.2) is 28.9 Å². The molecular weight excluding hydrogens is 242 g/mol. The number of hydrogen-bond donors (Lipinski definition) is 1. The van der Waals surface area contributed by atoms with E-state index >= 15 is 0 Å². The van der Waals surface area contributed by atoms with Crippen LogP contribution in [-0.4, -0.2) is 16.3 Å². The van der Waals surface area contributed by atoms with Crippen molar-refractivity contribution >= 4 is 26.8 Å². The van der Waals surface area contributed by atoms with Gasteiger partial charge in [0.15, 0.2) is 0 Å². The molecule has 1 aromatic carbocycles. The lowest BCUT2D eigenvalue weighted by atomic mass is 10.1. The predicted molar refractivity (Wildman–Crippen MR) is 61.4 cm³/mol. The third-order valence-electron chi connectivity index (χ3n) is 2.42. The normalized spacial score (nSPS) is 11.1. The maximum Gasteiger partial charge on any atom is 0.0522 e. The standard InChI is InChI=1S/C11H12BrNO/c1-13-7-10(12)9-4-2-3-8(5-6-14)11(9)13/h2-4,7,14H,5-6H2,1H3. The Kier molecular flexibility index (Phi) is 2.61. The lowest BCUT2D eigenvalue weighted by molar-refractivity contribution is 0.300. The van der Waals surface area contributed by atoms with Gasteiger partial charge in [0.25, 0.3) is 0 Å². The molecule has 0 amide bonds. The minimum atomic E-state index is 0.196. The van der Waals surface area contributed by atoms with E-state index in [-0.39, 0.29) is 6.61 Å². The molecule has 0 saturated carbocycles. The number of aryl methyl sites for hydroxylation is 1. The van der Waals surface area contributed by atoms with Crippen LogP contribution in [0.4, 0.5) is 0 Å². The van der Waals surface area contributed by atoms with Crippen LogP contribution in [0.3, 0.4) is 0 Å². The molecular formula is C11H12BrNO. The molecule has 0 atom stereocenters. The average molecular weight is 254 g/mol. The molecule has 74 valence electrons. The molecule has 0 aliphatic carbocycles. The van der Waals surface area contributed by atoms with Gasteiger partial charge in [-0.3, -0.25) is 0 Å². The van der Waals surface area contributed by atoms with Crippen molar-refractivity contribution in [2.45, 2.75) is 6.42 Å². The summed E-state index contributed by atoms with van der Waals surface area (Å²) < 4.78 is 3.19. The minimum absolute atomic E-state index is 0.196. The lowest BCUT2D eigenvalue weighted by Gasteiger charge is -2.03. The molecule has 14 heavy (non-hydrogen) atoms. The molecule has 0 unspecified atom stereocenters. The van der Waals surface area contributed by atoms with Crippen molar-refractivity contribution in [1.29, 1.82) is 0 Å². The quantitative estimate of drug-likeness (QED) is 0.875. The highest BCUT2D eigenvalue weighted by Crippen LogP contribution is 2.28. The van der Waals surface area contributed by atoms with Gasteiger partial charge in [0.05, 0.1) is 5.52 Å². The average Bonchev–Trinajstić information content (AvgIpc) is 2.44. The molecule has 1 aromatic heterocycles. The number of benzene rings is 1. The van der Waals surface area contributed by atoms with Gasteiger partial charge in [0, 0.05) is 29.7 Å². The zero-order valence-electron chi connectivity index (χ0n) is 8.00. The SMILES string of the molecule is Cn1cc(Br)c2cccc(CCO)c21. The van der Waals surface area contributed by atoms with Gasteiger partial charge >= 0.3 is 0 Å². The molecule has 2 rings (SSSR count). The fraction of sp³-hybridized carbons (Fsp3) is 0.273. The Bertz CT molecular complexity index is 462. The Balaban J connectivity index is 2.72. The van der Waals surface area contributed by atoms with Crippen molar-refractivity contribution in [1.82, 2.24) is 4.57 Å². The lowest BCUT2D eigenvalue weighted by Crippen LogP contribution is -1.95. The first-order valence-electron chi connectivity index (χ1n) is 4.57. The highest BCUT2D eigenvalue weighted by Gasteiger charge is 2.07. The number of aliphatic hydroxyl groups is 1. The highest BCUT2D eigenvalue weighted by atomic mass is 79.9. The van der Waals surface area contributed by atoms with Crippen molar-refractivity contribution < 1.29 is 5.11 Å². The van der Waals surface area contributed by atoms with E-state index in [1.54, 1.807) is 0 Å². The second kappa shape index (κ2) is 3.75. The second-order valence-corrected chi connectivity index (χ2v) is 4.23. The van der Waals surface area contributed by atoms with E-state index in [1.807, 2.05) is 19.3 Å². The summed E-state index contributed by atoms with van der Waals surface area (Å²) in [5.41, 5.74) is 2.40. The summed E-state index contributed by atoms with van der Waals surface area (Å²) in [6, 6.07) is 6.17. The predicted octanol–water partition coefficient (Wildman–Crippen LogP) is 2.48. The van der Waals surface area contributed by atoms with Gasteiger partial charge in [-0.15, -0.1) is 0 Å². The Labute approximate surface area is 91.3 Å². The summed E-state index contributed by atoms with van der Waals surface area (Å²) in [5.74, 6) is 0. The van der Waals surface area contributed by atoms with E-state index in [9.17, 15) is 0 Å². The van der Waals surface area contributed by atoms with E-state index < -0.39 is 0 Å². The van der Waals surface area contributed by atoms with Gasteiger partial charge in [0.1, 0.15) is 0 Å². The van der Waals surface area contributed by atoms with Gasteiger partial charge in [-0.25, -0.2) is 0 Å². The molecule has 0 aliphatic rings. The summed E-state index contributed by atoms with van der Waals surface area (Å²) in [5, 5.41) is 10.2. The van der Waals surface area contributed by atoms with Gasteiger partial charge < -0.3 is 9.67 Å². The number of halogens is 1. The molecule has 0 fully saturated rings. The van der Waals surface area contributed by atoms with Crippen LogP contribution in [0.25, 0.3) is 10.9 Å². The number of aliphatic hydroxyl groups excluding tert-OH is 1. The number of rotatable bonds is 2. The summed E-state index contributed by atoms with van der Waals surface area (Å²) in [6.45, 7) is 0.196. The number of para-hydroxylation sites is 1. The first kappa shape index (κ1) is 9.74. The van der Waals surface area contributed by atoms with Crippen LogP contribution in [0.2, 0.25) is 0 Å².